The third-order valence-electron chi connectivity index (χ3n) is 4.16. The molecule has 1 atom stereocenters. The molecule has 0 bridgehead atoms. The number of amides is 1. The van der Waals surface area contributed by atoms with Crippen LogP contribution in [0.5, 0.6) is 11.5 Å². The first kappa shape index (κ1) is 23.7. The lowest BCUT2D eigenvalue weighted by Crippen LogP contribution is -2.32. The van der Waals surface area contributed by atoms with E-state index in [1.807, 2.05) is 24.3 Å². The second-order valence-corrected chi connectivity index (χ2v) is 6.35. The summed E-state index contributed by atoms with van der Waals surface area (Å²) >= 11 is 0. The number of nitrogens with two attached hydrogens (primary N) is 1. The normalized spacial score (nSPS) is 11.7. The van der Waals surface area contributed by atoms with Gasteiger partial charge in [0.2, 0.25) is 0 Å². The van der Waals surface area contributed by atoms with E-state index in [9.17, 15) is 13.6 Å². The summed E-state index contributed by atoms with van der Waals surface area (Å²) in [4.78, 5) is 12.4. The number of rotatable bonds is 8. The Kier molecular flexibility index (Phi) is 9.15. The maximum atomic E-state index is 12.7. The second-order valence-electron chi connectivity index (χ2n) is 6.35. The molecule has 0 spiro atoms. The van der Waals surface area contributed by atoms with Crippen molar-refractivity contribution in [2.45, 2.75) is 32.4 Å². The largest absolute Gasteiger partial charge is 0.493 e. The van der Waals surface area contributed by atoms with Crippen LogP contribution in [0.3, 0.4) is 0 Å². The van der Waals surface area contributed by atoms with Crippen LogP contribution in [-0.4, -0.2) is 26.2 Å². The van der Waals surface area contributed by atoms with E-state index in [2.05, 4.69) is 23.9 Å². The predicted octanol–water partition coefficient (Wildman–Crippen LogP) is 4.27. The first-order valence-electron chi connectivity index (χ1n) is 8.59. The van der Waals surface area contributed by atoms with Gasteiger partial charge in [0.25, 0.3) is 5.91 Å². The summed E-state index contributed by atoms with van der Waals surface area (Å²) < 4.78 is 34.8. The molecule has 28 heavy (non-hydrogen) atoms. The highest BCUT2D eigenvalue weighted by Crippen LogP contribution is 2.32. The number of methoxy groups -OCH3 is 1. The number of benzene rings is 2. The van der Waals surface area contributed by atoms with Crippen molar-refractivity contribution in [2.75, 3.05) is 13.7 Å². The van der Waals surface area contributed by atoms with E-state index in [4.69, 9.17) is 10.5 Å². The van der Waals surface area contributed by atoms with Gasteiger partial charge < -0.3 is 20.5 Å². The van der Waals surface area contributed by atoms with E-state index >= 15 is 0 Å². The SMILES string of the molecule is COc1cccc(C(=O)NCC(N)c2ccc(C(C)C)cc2)c1OC(F)F.Cl. The number of hydrogen-bond acceptors (Lipinski definition) is 4. The number of carbonyl (C=O) groups excluding carboxylic acids is 1. The highest BCUT2D eigenvalue weighted by Gasteiger charge is 2.20. The van der Waals surface area contributed by atoms with Crippen molar-refractivity contribution in [3.8, 4) is 11.5 Å². The topological polar surface area (TPSA) is 73.6 Å². The molecule has 0 radical (unpaired) electrons. The van der Waals surface area contributed by atoms with Gasteiger partial charge in [-0.05, 0) is 29.2 Å². The van der Waals surface area contributed by atoms with Crippen LogP contribution in [0, 0.1) is 0 Å². The number of carbonyl (C=O) groups is 1. The van der Waals surface area contributed by atoms with Crippen molar-refractivity contribution in [2.24, 2.45) is 5.73 Å². The highest BCUT2D eigenvalue weighted by atomic mass is 35.5. The Labute approximate surface area is 169 Å². The van der Waals surface area contributed by atoms with Crippen molar-refractivity contribution in [1.82, 2.24) is 5.32 Å². The zero-order chi connectivity index (χ0) is 20.0. The second kappa shape index (κ2) is 10.8. The molecule has 2 aromatic carbocycles. The lowest BCUT2D eigenvalue weighted by molar-refractivity contribution is -0.0515. The predicted molar refractivity (Wildman–Crippen MR) is 107 cm³/mol. The van der Waals surface area contributed by atoms with Gasteiger partial charge in [-0.15, -0.1) is 12.4 Å². The quantitative estimate of drug-likeness (QED) is 0.676. The Morgan fingerprint density at radius 1 is 1.11 bits per heavy atom. The summed E-state index contributed by atoms with van der Waals surface area (Å²) in [5.74, 6) is -0.408. The summed E-state index contributed by atoms with van der Waals surface area (Å²) in [6.45, 7) is 1.27. The summed E-state index contributed by atoms with van der Waals surface area (Å²) in [6, 6.07) is 11.8. The smallest absolute Gasteiger partial charge is 0.387 e. The van der Waals surface area contributed by atoms with Gasteiger partial charge in [-0.3, -0.25) is 4.79 Å². The maximum Gasteiger partial charge on any atom is 0.387 e. The van der Waals surface area contributed by atoms with Crippen molar-refractivity contribution in [3.63, 3.8) is 0 Å². The fourth-order valence-electron chi connectivity index (χ4n) is 2.61. The molecule has 0 aliphatic heterocycles. The monoisotopic (exact) mass is 414 g/mol. The number of alkyl halides is 2. The highest BCUT2D eigenvalue weighted by molar-refractivity contribution is 5.97. The van der Waals surface area contributed by atoms with Crippen molar-refractivity contribution >= 4 is 18.3 Å². The number of nitrogens with one attached hydrogen (secondary N) is 1. The average Bonchev–Trinajstić information content (AvgIpc) is 2.65. The van der Waals surface area contributed by atoms with Gasteiger partial charge >= 0.3 is 6.61 Å². The van der Waals surface area contributed by atoms with E-state index in [1.54, 1.807) is 0 Å². The third-order valence-corrected chi connectivity index (χ3v) is 4.16. The molecule has 2 rings (SSSR count). The minimum Gasteiger partial charge on any atom is -0.493 e. The summed E-state index contributed by atoms with van der Waals surface area (Å²) in [6.07, 6.45) is 0. The minimum atomic E-state index is -3.07. The van der Waals surface area contributed by atoms with Crippen molar-refractivity contribution < 1.29 is 23.0 Å². The van der Waals surface area contributed by atoms with Gasteiger partial charge in [0, 0.05) is 12.6 Å². The first-order chi connectivity index (χ1) is 12.8. The molecule has 0 heterocycles. The standard InChI is InChI=1S/C20H24F2N2O3.ClH/c1-12(2)13-7-9-14(10-8-13)16(23)11-24-19(25)15-5-4-6-17(26-3)18(15)27-20(21)22;/h4-10,12,16,20H,11,23H2,1-3H3,(H,24,25);1H. The Hall–Kier alpha value is -2.38. The van der Waals surface area contributed by atoms with Crippen LogP contribution in [0.2, 0.25) is 0 Å². The van der Waals surface area contributed by atoms with E-state index < -0.39 is 18.6 Å². The van der Waals surface area contributed by atoms with Gasteiger partial charge in [-0.2, -0.15) is 8.78 Å². The molecule has 1 amide bonds. The zero-order valence-electron chi connectivity index (χ0n) is 15.9. The molecule has 0 aliphatic carbocycles. The fraction of sp³-hybridized carbons (Fsp3) is 0.350. The zero-order valence-corrected chi connectivity index (χ0v) is 16.8. The Balaban J connectivity index is 0.00000392. The van der Waals surface area contributed by atoms with Crippen LogP contribution in [0.15, 0.2) is 42.5 Å². The Bertz CT molecular complexity index is 771. The summed E-state index contributed by atoms with van der Waals surface area (Å²) in [5, 5.41) is 2.66. The number of hydrogen-bond donors (Lipinski definition) is 2. The van der Waals surface area contributed by atoms with Crippen LogP contribution in [0.25, 0.3) is 0 Å². The molecule has 0 aliphatic rings. The molecule has 0 saturated heterocycles. The lowest BCUT2D eigenvalue weighted by Gasteiger charge is -2.17. The van der Waals surface area contributed by atoms with Crippen LogP contribution in [-0.2, 0) is 0 Å². The molecule has 3 N–H and O–H groups in total. The van der Waals surface area contributed by atoms with Crippen LogP contribution in [0.1, 0.15) is 47.3 Å². The van der Waals surface area contributed by atoms with Crippen molar-refractivity contribution in [1.29, 1.82) is 0 Å². The fourth-order valence-corrected chi connectivity index (χ4v) is 2.61. The Morgan fingerprint density at radius 3 is 2.25 bits per heavy atom. The molecule has 0 aromatic heterocycles. The number of para-hydroxylation sites is 1. The lowest BCUT2D eigenvalue weighted by atomic mass is 9.99. The Morgan fingerprint density at radius 2 is 1.71 bits per heavy atom. The third kappa shape index (κ3) is 6.07. The molecule has 0 saturated carbocycles. The van der Waals surface area contributed by atoms with Gasteiger partial charge in [0.05, 0.1) is 12.7 Å². The molecule has 0 fully saturated rings. The van der Waals surface area contributed by atoms with Gasteiger partial charge in [-0.1, -0.05) is 44.2 Å². The van der Waals surface area contributed by atoms with Gasteiger partial charge in [0.1, 0.15) is 0 Å². The summed E-state index contributed by atoms with van der Waals surface area (Å²) in [7, 11) is 1.31. The molecular formula is C20H25ClF2N2O3. The van der Waals surface area contributed by atoms with Gasteiger partial charge in [0.15, 0.2) is 11.5 Å². The van der Waals surface area contributed by atoms with E-state index in [0.717, 1.165) is 5.56 Å². The van der Waals surface area contributed by atoms with E-state index in [0.29, 0.717) is 5.92 Å². The molecule has 2 aromatic rings. The maximum absolute atomic E-state index is 12.7. The van der Waals surface area contributed by atoms with Crippen LogP contribution in [0.4, 0.5) is 8.78 Å². The van der Waals surface area contributed by atoms with Crippen LogP contribution < -0.4 is 20.5 Å². The first-order valence-corrected chi connectivity index (χ1v) is 8.59. The minimum absolute atomic E-state index is 0. The summed E-state index contributed by atoms with van der Waals surface area (Å²) in [5.41, 5.74) is 8.15. The molecule has 8 heteroatoms. The number of halogens is 3. The molecular weight excluding hydrogens is 390 g/mol. The average molecular weight is 415 g/mol. The van der Waals surface area contributed by atoms with E-state index in [-0.39, 0.29) is 36.0 Å². The molecule has 1 unspecified atom stereocenters. The van der Waals surface area contributed by atoms with E-state index in [1.165, 1.54) is 30.9 Å². The molecule has 154 valence electrons. The van der Waals surface area contributed by atoms with Gasteiger partial charge in [-0.25, -0.2) is 0 Å². The molecule has 5 nitrogen and oxygen atoms in total. The van der Waals surface area contributed by atoms with Crippen molar-refractivity contribution in [3.05, 3.63) is 59.2 Å². The van der Waals surface area contributed by atoms with Crippen LogP contribution >= 0.6 is 12.4 Å². The number of ether oxygens (including phenoxy) is 2.